The second kappa shape index (κ2) is 9.91. The first-order valence-corrected chi connectivity index (χ1v) is 10.1. The highest BCUT2D eigenvalue weighted by molar-refractivity contribution is 7.80. The second-order valence-corrected chi connectivity index (χ2v) is 7.51. The molecular weight excluding hydrogens is 410 g/mol. The molecule has 0 radical (unpaired) electrons. The van der Waals surface area contributed by atoms with Gasteiger partial charge in [0.05, 0.1) is 42.6 Å². The highest BCUT2D eigenvalue weighted by Gasteiger charge is 2.14. The van der Waals surface area contributed by atoms with Gasteiger partial charge < -0.3 is 25.0 Å². The van der Waals surface area contributed by atoms with Crippen molar-refractivity contribution in [1.29, 1.82) is 0 Å². The molecule has 1 atom stereocenters. The van der Waals surface area contributed by atoms with Crippen molar-refractivity contribution in [2.45, 2.75) is 13.0 Å². The number of thiocarbonyl (C=S) groups is 1. The number of rotatable bonds is 5. The average molecular weight is 434 g/mol. The normalized spacial score (nSPS) is 14.8. The number of halogens is 1. The highest BCUT2D eigenvalue weighted by atomic mass is 35.5. The number of anilines is 2. The Kier molecular flexibility index (Phi) is 7.30. The maximum atomic E-state index is 11.7. The Bertz CT molecular complexity index is 870. The number of ether oxygens (including phenoxy) is 2. The molecule has 1 heterocycles. The van der Waals surface area contributed by atoms with E-state index in [0.717, 1.165) is 31.9 Å². The zero-order valence-electron chi connectivity index (χ0n) is 16.4. The molecular formula is C21H24ClN3O3S. The Morgan fingerprint density at radius 1 is 1.21 bits per heavy atom. The lowest BCUT2D eigenvalue weighted by Crippen LogP contribution is -2.36. The fourth-order valence-electron chi connectivity index (χ4n) is 3.10. The summed E-state index contributed by atoms with van der Waals surface area (Å²) in [5, 5.41) is 7.18. The van der Waals surface area contributed by atoms with Crippen molar-refractivity contribution in [2.75, 3.05) is 43.6 Å². The van der Waals surface area contributed by atoms with Crippen LogP contribution < -0.4 is 15.5 Å². The Labute approximate surface area is 181 Å². The molecule has 154 valence electrons. The van der Waals surface area contributed by atoms with Crippen molar-refractivity contribution in [3.8, 4) is 0 Å². The zero-order chi connectivity index (χ0) is 20.8. The molecule has 0 saturated carbocycles. The van der Waals surface area contributed by atoms with E-state index in [-0.39, 0.29) is 6.04 Å². The van der Waals surface area contributed by atoms with Gasteiger partial charge in [0.2, 0.25) is 0 Å². The topological polar surface area (TPSA) is 62.8 Å². The quantitative estimate of drug-likeness (QED) is 0.545. The lowest BCUT2D eigenvalue weighted by atomic mass is 10.1. The number of carbonyl (C=O) groups is 1. The fourth-order valence-corrected chi connectivity index (χ4v) is 3.55. The SMILES string of the molecule is COC(=O)c1ccc(Cl)c(NC(=S)NC(C)c2ccc(N3CCOCC3)cc2)c1. The van der Waals surface area contributed by atoms with Gasteiger partial charge in [0.1, 0.15) is 0 Å². The van der Waals surface area contributed by atoms with E-state index in [9.17, 15) is 4.79 Å². The number of nitrogens with one attached hydrogen (secondary N) is 2. The molecule has 0 aliphatic carbocycles. The van der Waals surface area contributed by atoms with Crippen LogP contribution >= 0.6 is 23.8 Å². The molecule has 1 fully saturated rings. The molecule has 2 N–H and O–H groups in total. The maximum Gasteiger partial charge on any atom is 0.337 e. The van der Waals surface area contributed by atoms with E-state index in [1.807, 2.05) is 6.92 Å². The Balaban J connectivity index is 1.61. The van der Waals surface area contributed by atoms with Gasteiger partial charge in [-0.3, -0.25) is 0 Å². The van der Waals surface area contributed by atoms with Crippen LogP contribution in [0.25, 0.3) is 0 Å². The van der Waals surface area contributed by atoms with Gasteiger partial charge in [-0.1, -0.05) is 23.7 Å². The molecule has 1 saturated heterocycles. The van der Waals surface area contributed by atoms with Crippen LogP contribution in [0.2, 0.25) is 5.02 Å². The molecule has 2 aromatic carbocycles. The molecule has 6 nitrogen and oxygen atoms in total. The molecule has 0 aromatic heterocycles. The molecule has 1 aliphatic rings. The summed E-state index contributed by atoms with van der Waals surface area (Å²) in [7, 11) is 1.34. The molecule has 0 bridgehead atoms. The molecule has 2 aromatic rings. The van der Waals surface area contributed by atoms with Crippen LogP contribution in [-0.4, -0.2) is 44.5 Å². The summed E-state index contributed by atoms with van der Waals surface area (Å²) in [6.07, 6.45) is 0. The summed E-state index contributed by atoms with van der Waals surface area (Å²) in [5.41, 5.74) is 3.24. The van der Waals surface area contributed by atoms with Gasteiger partial charge in [-0.05, 0) is 55.0 Å². The number of benzene rings is 2. The van der Waals surface area contributed by atoms with Crippen molar-refractivity contribution in [2.24, 2.45) is 0 Å². The predicted octanol–water partition coefficient (Wildman–Crippen LogP) is 4.01. The number of methoxy groups -OCH3 is 1. The minimum Gasteiger partial charge on any atom is -0.465 e. The van der Waals surface area contributed by atoms with Gasteiger partial charge in [-0.2, -0.15) is 0 Å². The fraction of sp³-hybridized carbons (Fsp3) is 0.333. The first-order valence-electron chi connectivity index (χ1n) is 9.36. The number of esters is 1. The van der Waals surface area contributed by atoms with Gasteiger partial charge in [-0.15, -0.1) is 0 Å². The maximum absolute atomic E-state index is 11.7. The molecule has 0 amide bonds. The lowest BCUT2D eigenvalue weighted by molar-refractivity contribution is 0.0601. The third-order valence-corrected chi connectivity index (χ3v) is 5.30. The first-order chi connectivity index (χ1) is 14.0. The molecule has 0 spiro atoms. The van der Waals surface area contributed by atoms with E-state index in [1.165, 1.54) is 12.8 Å². The van der Waals surface area contributed by atoms with Crippen molar-refractivity contribution in [1.82, 2.24) is 5.32 Å². The summed E-state index contributed by atoms with van der Waals surface area (Å²) in [4.78, 5) is 14.0. The zero-order valence-corrected chi connectivity index (χ0v) is 18.0. The smallest absolute Gasteiger partial charge is 0.337 e. The Morgan fingerprint density at radius 3 is 2.55 bits per heavy atom. The van der Waals surface area contributed by atoms with E-state index >= 15 is 0 Å². The van der Waals surface area contributed by atoms with Crippen LogP contribution in [0.15, 0.2) is 42.5 Å². The van der Waals surface area contributed by atoms with Crippen molar-refractivity contribution in [3.05, 3.63) is 58.6 Å². The Morgan fingerprint density at radius 2 is 1.90 bits per heavy atom. The average Bonchev–Trinajstić information content (AvgIpc) is 2.75. The molecule has 29 heavy (non-hydrogen) atoms. The molecule has 8 heteroatoms. The van der Waals surface area contributed by atoms with Crippen LogP contribution in [0.3, 0.4) is 0 Å². The number of hydrogen-bond acceptors (Lipinski definition) is 5. The van der Waals surface area contributed by atoms with E-state index < -0.39 is 5.97 Å². The van der Waals surface area contributed by atoms with Crippen LogP contribution in [0.5, 0.6) is 0 Å². The minimum absolute atomic E-state index is 0.00342. The van der Waals surface area contributed by atoms with Gasteiger partial charge in [0.15, 0.2) is 5.11 Å². The predicted molar refractivity (Wildman–Crippen MR) is 120 cm³/mol. The van der Waals surface area contributed by atoms with Gasteiger partial charge in [-0.25, -0.2) is 4.79 Å². The van der Waals surface area contributed by atoms with Gasteiger partial charge in [0, 0.05) is 18.8 Å². The summed E-state index contributed by atoms with van der Waals surface area (Å²) < 4.78 is 10.1. The largest absolute Gasteiger partial charge is 0.465 e. The third kappa shape index (κ3) is 5.59. The Hall–Kier alpha value is -2.35. The summed E-state index contributed by atoms with van der Waals surface area (Å²) in [5.74, 6) is -0.433. The van der Waals surface area contributed by atoms with E-state index in [4.69, 9.17) is 33.3 Å². The van der Waals surface area contributed by atoms with Crippen LogP contribution in [0.4, 0.5) is 11.4 Å². The highest BCUT2D eigenvalue weighted by Crippen LogP contribution is 2.24. The monoisotopic (exact) mass is 433 g/mol. The third-order valence-electron chi connectivity index (χ3n) is 4.75. The van der Waals surface area contributed by atoms with Crippen LogP contribution in [0, 0.1) is 0 Å². The first kappa shape index (κ1) is 21.4. The van der Waals surface area contributed by atoms with E-state index in [2.05, 4.69) is 39.8 Å². The van der Waals surface area contributed by atoms with Crippen LogP contribution in [-0.2, 0) is 9.47 Å². The lowest BCUT2D eigenvalue weighted by Gasteiger charge is -2.29. The standard InChI is InChI=1S/C21H24ClN3O3S/c1-14(15-3-6-17(7-4-15)25-9-11-28-12-10-25)23-21(29)24-19-13-16(20(26)27-2)5-8-18(19)22/h3-8,13-14H,9-12H2,1-2H3,(H2,23,24,29). The van der Waals surface area contributed by atoms with Crippen LogP contribution in [0.1, 0.15) is 28.9 Å². The van der Waals surface area contributed by atoms with E-state index in [0.29, 0.717) is 21.4 Å². The number of morpholine rings is 1. The summed E-state index contributed by atoms with van der Waals surface area (Å²) in [6.45, 7) is 5.38. The summed E-state index contributed by atoms with van der Waals surface area (Å²) >= 11 is 11.6. The van der Waals surface area contributed by atoms with Crippen molar-refractivity contribution in [3.63, 3.8) is 0 Å². The number of nitrogens with zero attached hydrogens (tertiary/aromatic N) is 1. The second-order valence-electron chi connectivity index (χ2n) is 6.70. The van der Waals surface area contributed by atoms with Crippen molar-refractivity contribution >= 4 is 46.3 Å². The molecule has 1 unspecified atom stereocenters. The molecule has 1 aliphatic heterocycles. The van der Waals surface area contributed by atoms with Gasteiger partial charge in [0.25, 0.3) is 0 Å². The summed E-state index contributed by atoms with van der Waals surface area (Å²) in [6, 6.07) is 13.3. The number of hydrogen-bond donors (Lipinski definition) is 2. The number of carbonyl (C=O) groups excluding carboxylic acids is 1. The van der Waals surface area contributed by atoms with E-state index in [1.54, 1.807) is 18.2 Å². The minimum atomic E-state index is -0.433. The van der Waals surface area contributed by atoms with Crippen molar-refractivity contribution < 1.29 is 14.3 Å². The molecule has 3 rings (SSSR count). The van der Waals surface area contributed by atoms with Gasteiger partial charge >= 0.3 is 5.97 Å².